The maximum atomic E-state index is 12.4. The Balaban J connectivity index is 2.74. The van der Waals surface area contributed by atoms with Gasteiger partial charge in [0.05, 0.1) is 0 Å². The Hall–Kier alpha value is -1.10. The van der Waals surface area contributed by atoms with Gasteiger partial charge in [0.15, 0.2) is 0 Å². The zero-order chi connectivity index (χ0) is 14.5. The minimum Gasteiger partial charge on any atom is -0.480 e. The third kappa shape index (κ3) is 4.20. The summed E-state index contributed by atoms with van der Waals surface area (Å²) in [5.41, 5.74) is -0.405. The second kappa shape index (κ2) is 6.89. The first-order chi connectivity index (χ1) is 8.91. The zero-order valence-corrected chi connectivity index (χ0v) is 11.8. The van der Waals surface area contributed by atoms with Crippen LogP contribution in [0.1, 0.15) is 52.4 Å². The summed E-state index contributed by atoms with van der Waals surface area (Å²) in [6.45, 7) is 3.92. The lowest BCUT2D eigenvalue weighted by Gasteiger charge is -2.30. The fourth-order valence-corrected chi connectivity index (χ4v) is 3.05. The SMILES string of the molecule is CC(C)CC1(C(=O)N[C@H](CCO)C(=O)O)CCCC1. The van der Waals surface area contributed by atoms with Crippen LogP contribution >= 0.6 is 0 Å². The number of aliphatic carboxylic acids is 1. The van der Waals surface area contributed by atoms with E-state index in [1.165, 1.54) is 0 Å². The summed E-state index contributed by atoms with van der Waals surface area (Å²) in [6, 6.07) is -0.984. The molecule has 0 bridgehead atoms. The zero-order valence-electron chi connectivity index (χ0n) is 11.8. The summed E-state index contributed by atoms with van der Waals surface area (Å²) in [5, 5.41) is 20.5. The van der Waals surface area contributed by atoms with E-state index in [9.17, 15) is 9.59 Å². The van der Waals surface area contributed by atoms with Crippen LogP contribution in [0, 0.1) is 11.3 Å². The number of nitrogens with one attached hydrogen (secondary N) is 1. The fourth-order valence-electron chi connectivity index (χ4n) is 3.05. The number of carboxylic acid groups (broad SMARTS) is 1. The highest BCUT2D eigenvalue weighted by molar-refractivity contribution is 5.87. The van der Waals surface area contributed by atoms with Gasteiger partial charge in [-0.3, -0.25) is 4.79 Å². The van der Waals surface area contributed by atoms with Crippen molar-refractivity contribution in [3.63, 3.8) is 0 Å². The van der Waals surface area contributed by atoms with Crippen LogP contribution in [0.4, 0.5) is 0 Å². The van der Waals surface area contributed by atoms with Crippen LogP contribution in [0.25, 0.3) is 0 Å². The minimum absolute atomic E-state index is 0.0544. The van der Waals surface area contributed by atoms with Crippen molar-refractivity contribution in [2.45, 2.75) is 58.4 Å². The number of aliphatic hydroxyl groups is 1. The molecule has 0 heterocycles. The molecule has 1 fully saturated rings. The quantitative estimate of drug-likeness (QED) is 0.655. The molecule has 1 aliphatic carbocycles. The normalized spacial score (nSPS) is 19.4. The topological polar surface area (TPSA) is 86.6 Å². The molecule has 1 amide bonds. The van der Waals surface area contributed by atoms with E-state index in [2.05, 4.69) is 19.2 Å². The summed E-state index contributed by atoms with van der Waals surface area (Å²) >= 11 is 0. The second-order valence-electron chi connectivity index (χ2n) is 5.96. The molecule has 1 atom stereocenters. The minimum atomic E-state index is -1.08. The standard InChI is InChI=1S/C14H25NO4/c1-10(2)9-14(6-3-4-7-14)13(19)15-11(5-8-16)12(17)18/h10-11,16H,3-9H2,1-2H3,(H,15,19)(H,17,18)/t11-/m1/s1. The van der Waals surface area contributed by atoms with Gasteiger partial charge in [-0.15, -0.1) is 0 Å². The highest BCUT2D eigenvalue weighted by atomic mass is 16.4. The second-order valence-corrected chi connectivity index (χ2v) is 5.96. The molecule has 0 aliphatic heterocycles. The Kier molecular flexibility index (Phi) is 5.79. The van der Waals surface area contributed by atoms with Crippen LogP contribution in [0.3, 0.4) is 0 Å². The van der Waals surface area contributed by atoms with Gasteiger partial charge < -0.3 is 15.5 Å². The Morgan fingerprint density at radius 1 is 1.26 bits per heavy atom. The largest absolute Gasteiger partial charge is 0.480 e. The van der Waals surface area contributed by atoms with Gasteiger partial charge in [0, 0.05) is 18.4 Å². The van der Waals surface area contributed by atoms with Crippen LogP contribution in [0.2, 0.25) is 0 Å². The van der Waals surface area contributed by atoms with Crippen LogP contribution in [0.15, 0.2) is 0 Å². The van der Waals surface area contributed by atoms with Crippen molar-refractivity contribution in [3.05, 3.63) is 0 Å². The average Bonchev–Trinajstić information content (AvgIpc) is 2.77. The van der Waals surface area contributed by atoms with Crippen molar-refractivity contribution in [2.75, 3.05) is 6.61 Å². The Morgan fingerprint density at radius 2 is 1.84 bits per heavy atom. The first-order valence-corrected chi connectivity index (χ1v) is 7.06. The molecule has 0 aromatic heterocycles. The predicted molar refractivity (Wildman–Crippen MR) is 71.6 cm³/mol. The number of carbonyl (C=O) groups is 2. The van der Waals surface area contributed by atoms with Crippen molar-refractivity contribution in [3.8, 4) is 0 Å². The summed E-state index contributed by atoms with van der Waals surface area (Å²) in [4.78, 5) is 23.5. The number of carbonyl (C=O) groups excluding carboxylic acids is 1. The van der Waals surface area contributed by atoms with E-state index in [0.29, 0.717) is 5.92 Å². The number of hydrogen-bond donors (Lipinski definition) is 3. The molecule has 110 valence electrons. The average molecular weight is 271 g/mol. The van der Waals surface area contributed by atoms with E-state index in [-0.39, 0.29) is 18.9 Å². The number of rotatable bonds is 7. The van der Waals surface area contributed by atoms with Crippen LogP contribution < -0.4 is 5.32 Å². The molecular weight excluding hydrogens is 246 g/mol. The molecular formula is C14H25NO4. The van der Waals surface area contributed by atoms with Gasteiger partial charge in [0.1, 0.15) is 6.04 Å². The van der Waals surface area contributed by atoms with Crippen molar-refractivity contribution in [1.82, 2.24) is 5.32 Å². The van der Waals surface area contributed by atoms with E-state index in [4.69, 9.17) is 10.2 Å². The first kappa shape index (κ1) is 16.0. The third-order valence-corrected chi connectivity index (χ3v) is 3.86. The van der Waals surface area contributed by atoms with Gasteiger partial charge >= 0.3 is 5.97 Å². The Labute approximate surface area is 114 Å². The summed E-state index contributed by atoms with van der Waals surface area (Å²) in [7, 11) is 0. The van der Waals surface area contributed by atoms with Crippen LogP contribution in [-0.4, -0.2) is 34.7 Å². The molecule has 5 nitrogen and oxygen atoms in total. The maximum absolute atomic E-state index is 12.4. The van der Waals surface area contributed by atoms with Gasteiger partial charge in [-0.1, -0.05) is 26.7 Å². The lowest BCUT2D eigenvalue weighted by Crippen LogP contribution is -2.48. The van der Waals surface area contributed by atoms with Crippen molar-refractivity contribution >= 4 is 11.9 Å². The Morgan fingerprint density at radius 3 is 2.26 bits per heavy atom. The molecule has 1 rings (SSSR count). The first-order valence-electron chi connectivity index (χ1n) is 7.06. The van der Waals surface area contributed by atoms with E-state index >= 15 is 0 Å². The predicted octanol–water partition coefficient (Wildman–Crippen LogP) is 1.54. The van der Waals surface area contributed by atoms with E-state index in [1.807, 2.05) is 0 Å². The lowest BCUT2D eigenvalue weighted by molar-refractivity contribution is -0.144. The molecule has 0 radical (unpaired) electrons. The van der Waals surface area contributed by atoms with E-state index in [1.54, 1.807) is 0 Å². The molecule has 1 saturated carbocycles. The monoisotopic (exact) mass is 271 g/mol. The molecule has 5 heteroatoms. The van der Waals surface area contributed by atoms with Gasteiger partial charge in [0.2, 0.25) is 5.91 Å². The van der Waals surface area contributed by atoms with Crippen LogP contribution in [0.5, 0.6) is 0 Å². The fraction of sp³-hybridized carbons (Fsp3) is 0.857. The lowest BCUT2D eigenvalue weighted by atomic mass is 9.77. The number of hydrogen-bond acceptors (Lipinski definition) is 3. The number of carboxylic acids is 1. The maximum Gasteiger partial charge on any atom is 0.326 e. The Bertz CT molecular complexity index is 321. The molecule has 0 saturated heterocycles. The van der Waals surface area contributed by atoms with Gasteiger partial charge in [-0.2, -0.15) is 0 Å². The molecule has 0 spiro atoms. The molecule has 0 aromatic rings. The number of amides is 1. The van der Waals surface area contributed by atoms with Gasteiger partial charge in [-0.25, -0.2) is 4.79 Å². The summed E-state index contributed by atoms with van der Waals surface area (Å²) in [6.07, 6.45) is 4.57. The van der Waals surface area contributed by atoms with Gasteiger partial charge in [-0.05, 0) is 25.2 Å². The highest BCUT2D eigenvalue weighted by Gasteiger charge is 2.42. The van der Waals surface area contributed by atoms with E-state index < -0.39 is 17.4 Å². The number of aliphatic hydroxyl groups excluding tert-OH is 1. The molecule has 0 unspecified atom stereocenters. The van der Waals surface area contributed by atoms with Gasteiger partial charge in [0.25, 0.3) is 0 Å². The summed E-state index contributed by atoms with van der Waals surface area (Å²) in [5.74, 6) is -0.829. The molecule has 1 aliphatic rings. The third-order valence-electron chi connectivity index (χ3n) is 3.86. The van der Waals surface area contributed by atoms with E-state index in [0.717, 1.165) is 32.1 Å². The smallest absolute Gasteiger partial charge is 0.326 e. The van der Waals surface area contributed by atoms with Crippen molar-refractivity contribution in [2.24, 2.45) is 11.3 Å². The summed E-state index contributed by atoms with van der Waals surface area (Å²) < 4.78 is 0. The van der Waals surface area contributed by atoms with Crippen molar-refractivity contribution in [1.29, 1.82) is 0 Å². The highest BCUT2D eigenvalue weighted by Crippen LogP contribution is 2.43. The van der Waals surface area contributed by atoms with Crippen LogP contribution in [-0.2, 0) is 9.59 Å². The molecule has 0 aromatic carbocycles. The van der Waals surface area contributed by atoms with Crippen molar-refractivity contribution < 1.29 is 19.8 Å². The molecule has 19 heavy (non-hydrogen) atoms. The molecule has 3 N–H and O–H groups in total.